The molecule has 3 rings (SSSR count). The third-order valence-electron chi connectivity index (χ3n) is 3.34. The monoisotopic (exact) mass is 276 g/mol. The molecule has 1 saturated heterocycles. The van der Waals surface area contributed by atoms with E-state index in [0.717, 1.165) is 0 Å². The fraction of sp³-hybridized carbons (Fsp3) is 0.385. The average Bonchev–Trinajstić information content (AvgIpc) is 3.12. The van der Waals surface area contributed by atoms with E-state index < -0.39 is 12.2 Å². The number of nitrogens with zero attached hydrogens (tertiary/aromatic N) is 3. The number of hydrogen-bond acceptors (Lipinski definition) is 4. The van der Waals surface area contributed by atoms with E-state index in [-0.39, 0.29) is 12.5 Å². The third kappa shape index (κ3) is 2.39. The molecule has 20 heavy (non-hydrogen) atoms. The summed E-state index contributed by atoms with van der Waals surface area (Å²) in [7, 11) is 1.79. The van der Waals surface area contributed by atoms with Gasteiger partial charge in [0.15, 0.2) is 5.75 Å². The van der Waals surface area contributed by atoms with Crippen molar-refractivity contribution in [2.24, 2.45) is 7.05 Å². The maximum Gasteiger partial charge on any atom is 0.255 e. The van der Waals surface area contributed by atoms with Gasteiger partial charge in [0.25, 0.3) is 5.91 Å². The van der Waals surface area contributed by atoms with Crippen molar-refractivity contribution in [1.29, 1.82) is 0 Å². The van der Waals surface area contributed by atoms with Crippen LogP contribution in [0.2, 0.25) is 0 Å². The summed E-state index contributed by atoms with van der Waals surface area (Å²) in [5.41, 5.74) is 0.583. The number of likely N-dealkylation sites (tertiary alicyclic amines) is 1. The van der Waals surface area contributed by atoms with Crippen LogP contribution < -0.4 is 4.74 Å². The molecule has 0 spiro atoms. The normalized spacial score (nSPS) is 22.2. The Bertz CT molecular complexity index is 593. The fourth-order valence-corrected chi connectivity index (χ4v) is 2.31. The molecule has 1 amide bonds. The summed E-state index contributed by atoms with van der Waals surface area (Å²) in [6.45, 7) is 0.634. The highest BCUT2D eigenvalue weighted by Gasteiger charge is 2.36. The molecular weight excluding hydrogens is 260 g/mol. The maximum atomic E-state index is 12.2. The largest absolute Gasteiger partial charge is 0.482 e. The van der Waals surface area contributed by atoms with E-state index in [2.05, 4.69) is 10.1 Å². The van der Waals surface area contributed by atoms with Gasteiger partial charge in [-0.25, -0.2) is 0 Å². The smallest absolute Gasteiger partial charge is 0.255 e. The molecule has 7 nitrogen and oxygen atoms in total. The highest BCUT2D eigenvalue weighted by Crippen LogP contribution is 2.19. The predicted molar refractivity (Wildman–Crippen MR) is 70.3 cm³/mol. The summed E-state index contributed by atoms with van der Waals surface area (Å²) < 4.78 is 7.30. The molecule has 0 radical (unpaired) electrons. The number of carbonyl (C=O) groups excluding carboxylic acids is 1. The maximum absolute atomic E-state index is 12.2. The van der Waals surface area contributed by atoms with E-state index in [0.29, 0.717) is 17.9 Å². The lowest BCUT2D eigenvalue weighted by molar-refractivity contribution is 0.0729. The van der Waals surface area contributed by atoms with E-state index >= 15 is 0 Å². The van der Waals surface area contributed by atoms with Crippen molar-refractivity contribution in [2.75, 3.05) is 13.1 Å². The van der Waals surface area contributed by atoms with Crippen LogP contribution in [0.3, 0.4) is 0 Å². The molecule has 106 valence electrons. The number of aliphatic hydroxyl groups excluding tert-OH is 1. The quantitative estimate of drug-likeness (QED) is 0.827. The van der Waals surface area contributed by atoms with E-state index in [1.165, 1.54) is 0 Å². The van der Waals surface area contributed by atoms with Crippen LogP contribution >= 0.6 is 0 Å². The number of ether oxygens (including phenoxy) is 1. The molecule has 0 aliphatic carbocycles. The molecule has 0 unspecified atom stereocenters. The van der Waals surface area contributed by atoms with Crippen LogP contribution in [0.1, 0.15) is 10.4 Å². The van der Waals surface area contributed by atoms with Crippen LogP contribution in [0.15, 0.2) is 30.9 Å². The molecule has 2 atom stereocenters. The van der Waals surface area contributed by atoms with Gasteiger partial charge < -0.3 is 19.7 Å². The second-order valence-corrected chi connectivity index (χ2v) is 4.88. The second kappa shape index (κ2) is 5.01. The van der Waals surface area contributed by atoms with Gasteiger partial charge in [-0.2, -0.15) is 5.10 Å². The third-order valence-corrected chi connectivity index (χ3v) is 3.34. The first-order valence-electron chi connectivity index (χ1n) is 6.39. The molecule has 0 bridgehead atoms. The van der Waals surface area contributed by atoms with Gasteiger partial charge in [-0.1, -0.05) is 0 Å². The Morgan fingerprint density at radius 3 is 3.05 bits per heavy atom. The SMILES string of the molecule is Cn1cc(O[C@@H]2CN(C(=O)c3cc[nH]c3)C[C@H]2O)cn1. The van der Waals surface area contributed by atoms with Gasteiger partial charge in [0.2, 0.25) is 0 Å². The lowest BCUT2D eigenvalue weighted by atomic mass is 10.3. The molecule has 2 aromatic rings. The van der Waals surface area contributed by atoms with Gasteiger partial charge in [0.1, 0.15) is 12.2 Å². The predicted octanol–water partition coefficient (Wildman–Crippen LogP) is 0.0125. The Morgan fingerprint density at radius 2 is 2.40 bits per heavy atom. The van der Waals surface area contributed by atoms with E-state index in [1.54, 1.807) is 47.5 Å². The van der Waals surface area contributed by atoms with E-state index in [1.807, 2.05) is 0 Å². The number of aromatic amines is 1. The summed E-state index contributed by atoms with van der Waals surface area (Å²) >= 11 is 0. The highest BCUT2D eigenvalue weighted by molar-refractivity contribution is 5.94. The Labute approximate surface area is 115 Å². The summed E-state index contributed by atoms with van der Waals surface area (Å²) in [6, 6.07) is 1.71. The van der Waals surface area contributed by atoms with Crippen LogP contribution in [0.25, 0.3) is 0 Å². The first kappa shape index (κ1) is 12.7. The Hall–Kier alpha value is -2.28. The van der Waals surface area contributed by atoms with E-state index in [9.17, 15) is 9.90 Å². The van der Waals surface area contributed by atoms with E-state index in [4.69, 9.17) is 4.74 Å². The number of hydrogen-bond donors (Lipinski definition) is 2. The zero-order valence-electron chi connectivity index (χ0n) is 11.1. The topological polar surface area (TPSA) is 83.4 Å². The standard InChI is InChI=1S/C13H16N4O3/c1-16-6-10(5-15-16)20-12-8-17(7-11(12)18)13(19)9-2-3-14-4-9/h2-6,11-12,14,18H,7-8H2,1H3/t11-,12-/m1/s1. The number of rotatable bonds is 3. The molecular formula is C13H16N4O3. The van der Waals surface area contributed by atoms with Gasteiger partial charge >= 0.3 is 0 Å². The molecule has 1 fully saturated rings. The summed E-state index contributed by atoms with van der Waals surface area (Å²) in [5, 5.41) is 14.0. The molecule has 2 aromatic heterocycles. The number of aliphatic hydroxyl groups is 1. The first-order valence-corrected chi connectivity index (χ1v) is 6.39. The molecule has 7 heteroatoms. The number of β-amino-alcohol motifs (C(OH)–C–C–N with tert-alkyl or cyclic N) is 1. The summed E-state index contributed by atoms with van der Waals surface area (Å²) in [4.78, 5) is 16.6. The molecule has 0 saturated carbocycles. The second-order valence-electron chi connectivity index (χ2n) is 4.88. The number of aromatic nitrogens is 3. The van der Waals surface area contributed by atoms with Gasteiger partial charge in [-0.3, -0.25) is 9.48 Å². The van der Waals surface area contributed by atoms with Crippen LogP contribution in [-0.2, 0) is 7.05 Å². The van der Waals surface area contributed by atoms with Crippen molar-refractivity contribution < 1.29 is 14.6 Å². The summed E-state index contributed by atoms with van der Waals surface area (Å²) in [6.07, 6.45) is 5.53. The van der Waals surface area contributed by atoms with Crippen molar-refractivity contribution in [1.82, 2.24) is 19.7 Å². The minimum Gasteiger partial charge on any atom is -0.482 e. The Kier molecular flexibility index (Phi) is 3.19. The van der Waals surface area contributed by atoms with Crippen molar-refractivity contribution in [3.8, 4) is 5.75 Å². The number of aryl methyl sites for hydroxylation is 1. The Morgan fingerprint density at radius 1 is 1.55 bits per heavy atom. The van der Waals surface area contributed by atoms with Gasteiger partial charge in [-0.05, 0) is 6.07 Å². The number of amides is 1. The highest BCUT2D eigenvalue weighted by atomic mass is 16.5. The lowest BCUT2D eigenvalue weighted by Crippen LogP contribution is -2.31. The molecule has 0 aromatic carbocycles. The lowest BCUT2D eigenvalue weighted by Gasteiger charge is -2.15. The number of H-pyrrole nitrogens is 1. The van der Waals surface area contributed by atoms with Gasteiger partial charge in [0.05, 0.1) is 31.0 Å². The van der Waals surface area contributed by atoms with Crippen LogP contribution in [0.5, 0.6) is 5.75 Å². The number of nitrogens with one attached hydrogen (secondary N) is 1. The van der Waals surface area contributed by atoms with Crippen LogP contribution in [0, 0.1) is 0 Å². The van der Waals surface area contributed by atoms with Crippen LogP contribution in [-0.4, -0.2) is 56.0 Å². The zero-order valence-corrected chi connectivity index (χ0v) is 11.1. The van der Waals surface area contributed by atoms with Gasteiger partial charge in [-0.15, -0.1) is 0 Å². The zero-order chi connectivity index (χ0) is 14.1. The van der Waals surface area contributed by atoms with Crippen molar-refractivity contribution >= 4 is 5.91 Å². The van der Waals surface area contributed by atoms with Crippen molar-refractivity contribution in [3.63, 3.8) is 0 Å². The summed E-state index contributed by atoms with van der Waals surface area (Å²) in [5.74, 6) is 0.482. The molecule has 1 aliphatic heterocycles. The minimum absolute atomic E-state index is 0.109. The van der Waals surface area contributed by atoms with Gasteiger partial charge in [0, 0.05) is 19.4 Å². The van der Waals surface area contributed by atoms with Crippen LogP contribution in [0.4, 0.5) is 0 Å². The molecule has 2 N–H and O–H groups in total. The minimum atomic E-state index is -0.696. The first-order chi connectivity index (χ1) is 9.63. The Balaban J connectivity index is 1.66. The number of carbonyl (C=O) groups is 1. The molecule has 3 heterocycles. The molecule has 1 aliphatic rings. The fourth-order valence-electron chi connectivity index (χ4n) is 2.31. The van der Waals surface area contributed by atoms with Crippen molar-refractivity contribution in [2.45, 2.75) is 12.2 Å². The average molecular weight is 276 g/mol. The van der Waals surface area contributed by atoms with Crippen molar-refractivity contribution in [3.05, 3.63) is 36.4 Å².